The van der Waals surface area contributed by atoms with Gasteiger partial charge in [0.15, 0.2) is 0 Å². The lowest BCUT2D eigenvalue weighted by molar-refractivity contribution is 0.0860. The van der Waals surface area contributed by atoms with Gasteiger partial charge in [-0.25, -0.2) is 0 Å². The first-order chi connectivity index (χ1) is 7.81. The summed E-state index contributed by atoms with van der Waals surface area (Å²) in [6.07, 6.45) is 10.8. The van der Waals surface area contributed by atoms with Gasteiger partial charge < -0.3 is 15.3 Å². The molecule has 1 unspecified atom stereocenters. The normalized spacial score (nSPS) is 12.9. The van der Waals surface area contributed by atoms with Crippen molar-refractivity contribution in [1.82, 2.24) is 0 Å². The van der Waals surface area contributed by atoms with E-state index in [-0.39, 0.29) is 6.61 Å². The van der Waals surface area contributed by atoms with Crippen molar-refractivity contribution in [3.8, 4) is 0 Å². The Morgan fingerprint density at radius 2 is 1.06 bits per heavy atom. The zero-order chi connectivity index (χ0) is 12.1. The minimum atomic E-state index is -0.515. The predicted octanol–water partition coefficient (Wildman–Crippen LogP) is 2.23. The Bertz CT molecular complexity index is 128. The number of unbranched alkanes of at least 4 members (excludes halogenated alkanes) is 8. The molecular formula is C13H28O3. The minimum absolute atomic E-state index is 0.106. The van der Waals surface area contributed by atoms with E-state index in [4.69, 9.17) is 15.3 Å². The number of hydrogen-bond donors (Lipinski definition) is 3. The molecule has 0 radical (unpaired) electrons. The van der Waals surface area contributed by atoms with Gasteiger partial charge in [0.05, 0.1) is 12.7 Å². The molecule has 98 valence electrons. The molecule has 0 aliphatic rings. The fourth-order valence-electron chi connectivity index (χ4n) is 1.82. The highest BCUT2D eigenvalue weighted by molar-refractivity contribution is 4.53. The zero-order valence-corrected chi connectivity index (χ0v) is 10.4. The largest absolute Gasteiger partial charge is 0.396 e. The molecule has 0 heterocycles. The highest BCUT2D eigenvalue weighted by Gasteiger charge is 2.00. The van der Waals surface area contributed by atoms with E-state index in [0.29, 0.717) is 6.61 Å². The lowest BCUT2D eigenvalue weighted by Crippen LogP contribution is -2.10. The molecule has 0 saturated heterocycles. The number of aliphatic hydroxyl groups is 3. The highest BCUT2D eigenvalue weighted by Crippen LogP contribution is 2.11. The average Bonchev–Trinajstić information content (AvgIpc) is 2.31. The molecule has 0 saturated carbocycles. The van der Waals surface area contributed by atoms with Gasteiger partial charge >= 0.3 is 0 Å². The molecule has 0 fully saturated rings. The van der Waals surface area contributed by atoms with Crippen LogP contribution in [0.25, 0.3) is 0 Å². The number of rotatable bonds is 12. The monoisotopic (exact) mass is 232 g/mol. The zero-order valence-electron chi connectivity index (χ0n) is 10.4. The first-order valence-corrected chi connectivity index (χ1v) is 6.71. The van der Waals surface area contributed by atoms with E-state index in [1.165, 1.54) is 32.1 Å². The third kappa shape index (κ3) is 12.0. The van der Waals surface area contributed by atoms with E-state index in [1.807, 2.05) is 0 Å². The van der Waals surface area contributed by atoms with Crippen molar-refractivity contribution in [2.75, 3.05) is 13.2 Å². The van der Waals surface area contributed by atoms with Gasteiger partial charge in [0, 0.05) is 6.61 Å². The van der Waals surface area contributed by atoms with E-state index in [0.717, 1.165) is 32.1 Å². The molecule has 0 aromatic carbocycles. The maximum Gasteiger partial charge on any atom is 0.0770 e. The molecule has 0 amide bonds. The van der Waals surface area contributed by atoms with Gasteiger partial charge in [-0.3, -0.25) is 0 Å². The quantitative estimate of drug-likeness (QED) is 0.452. The molecule has 3 N–H and O–H groups in total. The van der Waals surface area contributed by atoms with Crippen molar-refractivity contribution < 1.29 is 15.3 Å². The van der Waals surface area contributed by atoms with Crippen LogP contribution in [0.5, 0.6) is 0 Å². The summed E-state index contributed by atoms with van der Waals surface area (Å²) in [5, 5.41) is 26.3. The molecule has 0 rings (SSSR count). The number of hydrogen-bond acceptors (Lipinski definition) is 3. The van der Waals surface area contributed by atoms with Gasteiger partial charge in [0.2, 0.25) is 0 Å². The summed E-state index contributed by atoms with van der Waals surface area (Å²) in [6.45, 7) is 0.220. The van der Waals surface area contributed by atoms with Crippen molar-refractivity contribution in [2.45, 2.75) is 70.3 Å². The smallest absolute Gasteiger partial charge is 0.0770 e. The SMILES string of the molecule is OCCCCCCCCCCCC(O)CO. The van der Waals surface area contributed by atoms with Crippen LogP contribution in [0, 0.1) is 0 Å². The van der Waals surface area contributed by atoms with Gasteiger partial charge in [0.1, 0.15) is 0 Å². The molecule has 0 bridgehead atoms. The predicted molar refractivity (Wildman–Crippen MR) is 66.3 cm³/mol. The standard InChI is InChI=1S/C13H28O3/c14-11-9-7-5-3-1-2-4-6-8-10-13(16)12-15/h13-16H,1-12H2. The Morgan fingerprint density at radius 1 is 0.625 bits per heavy atom. The summed E-state index contributed by atoms with van der Waals surface area (Å²) in [7, 11) is 0. The first kappa shape index (κ1) is 15.9. The van der Waals surface area contributed by atoms with Gasteiger partial charge in [-0.2, -0.15) is 0 Å². The average molecular weight is 232 g/mol. The third-order valence-corrected chi connectivity index (χ3v) is 2.91. The van der Waals surface area contributed by atoms with Gasteiger partial charge in [-0.1, -0.05) is 51.4 Å². The van der Waals surface area contributed by atoms with E-state index in [2.05, 4.69) is 0 Å². The van der Waals surface area contributed by atoms with Crippen LogP contribution >= 0.6 is 0 Å². The fraction of sp³-hybridized carbons (Fsp3) is 1.00. The van der Waals surface area contributed by atoms with Crippen LogP contribution in [0.3, 0.4) is 0 Å². The molecule has 1 atom stereocenters. The molecule has 0 aromatic heterocycles. The van der Waals surface area contributed by atoms with Crippen molar-refractivity contribution in [3.63, 3.8) is 0 Å². The molecular weight excluding hydrogens is 204 g/mol. The number of aliphatic hydroxyl groups excluding tert-OH is 3. The minimum Gasteiger partial charge on any atom is -0.396 e. The molecule has 16 heavy (non-hydrogen) atoms. The van der Waals surface area contributed by atoms with Crippen molar-refractivity contribution in [1.29, 1.82) is 0 Å². The van der Waals surface area contributed by atoms with Crippen molar-refractivity contribution in [2.24, 2.45) is 0 Å². The van der Waals surface area contributed by atoms with Gasteiger partial charge in [-0.05, 0) is 12.8 Å². The topological polar surface area (TPSA) is 60.7 Å². The molecule has 0 aromatic rings. The van der Waals surface area contributed by atoms with E-state index in [1.54, 1.807) is 0 Å². The van der Waals surface area contributed by atoms with Crippen LogP contribution in [0.15, 0.2) is 0 Å². The second-order valence-electron chi connectivity index (χ2n) is 4.53. The summed E-state index contributed by atoms with van der Waals surface area (Å²) >= 11 is 0. The van der Waals surface area contributed by atoms with E-state index in [9.17, 15) is 0 Å². The first-order valence-electron chi connectivity index (χ1n) is 6.71. The molecule has 0 aliphatic heterocycles. The summed E-state index contributed by atoms with van der Waals surface area (Å²) in [5.74, 6) is 0. The molecule has 3 nitrogen and oxygen atoms in total. The van der Waals surface area contributed by atoms with Crippen LogP contribution in [-0.4, -0.2) is 34.6 Å². The van der Waals surface area contributed by atoms with E-state index < -0.39 is 6.10 Å². The Kier molecular flexibility index (Phi) is 12.9. The fourth-order valence-corrected chi connectivity index (χ4v) is 1.82. The van der Waals surface area contributed by atoms with Crippen LogP contribution in [0.1, 0.15) is 64.2 Å². The summed E-state index contributed by atoms with van der Waals surface area (Å²) in [6, 6.07) is 0. The second kappa shape index (κ2) is 12.9. The van der Waals surface area contributed by atoms with Crippen LogP contribution in [0.2, 0.25) is 0 Å². The Morgan fingerprint density at radius 3 is 1.50 bits per heavy atom. The highest BCUT2D eigenvalue weighted by atomic mass is 16.3. The molecule has 3 heteroatoms. The second-order valence-corrected chi connectivity index (χ2v) is 4.53. The van der Waals surface area contributed by atoms with Gasteiger partial charge in [0.25, 0.3) is 0 Å². The van der Waals surface area contributed by atoms with Crippen LogP contribution < -0.4 is 0 Å². The lowest BCUT2D eigenvalue weighted by Gasteiger charge is -2.06. The maximum absolute atomic E-state index is 9.11. The van der Waals surface area contributed by atoms with Crippen LogP contribution in [0.4, 0.5) is 0 Å². The lowest BCUT2D eigenvalue weighted by atomic mass is 10.1. The van der Waals surface area contributed by atoms with E-state index >= 15 is 0 Å². The molecule has 0 spiro atoms. The maximum atomic E-state index is 9.11. The third-order valence-electron chi connectivity index (χ3n) is 2.91. The Balaban J connectivity index is 2.93. The molecule has 0 aliphatic carbocycles. The van der Waals surface area contributed by atoms with Gasteiger partial charge in [-0.15, -0.1) is 0 Å². The summed E-state index contributed by atoms with van der Waals surface area (Å²) in [5.41, 5.74) is 0. The van der Waals surface area contributed by atoms with Crippen molar-refractivity contribution in [3.05, 3.63) is 0 Å². The Labute approximate surface area is 99.5 Å². The summed E-state index contributed by atoms with van der Waals surface area (Å²) < 4.78 is 0. The van der Waals surface area contributed by atoms with Crippen LogP contribution in [-0.2, 0) is 0 Å². The van der Waals surface area contributed by atoms with Crippen molar-refractivity contribution >= 4 is 0 Å². The Hall–Kier alpha value is -0.120. The summed E-state index contributed by atoms with van der Waals surface area (Å²) in [4.78, 5) is 0.